The number of rotatable bonds is 4. The van der Waals surface area contributed by atoms with Crippen molar-refractivity contribution in [3.63, 3.8) is 0 Å². The fraction of sp³-hybridized carbons (Fsp3) is 0.474. The average molecular weight is 324 g/mol. The molecule has 0 aliphatic carbocycles. The van der Waals surface area contributed by atoms with Crippen molar-refractivity contribution < 1.29 is 4.74 Å². The maximum Gasteiger partial charge on any atom is 0.224 e. The van der Waals surface area contributed by atoms with E-state index in [1.807, 2.05) is 6.92 Å². The predicted molar refractivity (Wildman–Crippen MR) is 96.0 cm³/mol. The van der Waals surface area contributed by atoms with Crippen molar-refractivity contribution in [1.29, 1.82) is 0 Å². The van der Waals surface area contributed by atoms with Crippen molar-refractivity contribution in [2.24, 2.45) is 0 Å². The Kier molecular flexibility index (Phi) is 4.10. The first-order chi connectivity index (χ1) is 11.7. The molecular formula is C19H24N4O. The number of hydrogen-bond acceptors (Lipinski definition) is 5. The highest BCUT2D eigenvalue weighted by atomic mass is 16.5. The number of nitrogens with one attached hydrogen (secondary N) is 1. The van der Waals surface area contributed by atoms with Crippen LogP contribution in [0.5, 0.6) is 0 Å². The predicted octanol–water partition coefficient (Wildman–Crippen LogP) is 3.46. The third-order valence-corrected chi connectivity index (χ3v) is 4.81. The van der Waals surface area contributed by atoms with Crippen LogP contribution in [0.25, 0.3) is 0 Å². The molecule has 2 aliphatic rings. The van der Waals surface area contributed by atoms with Gasteiger partial charge in [-0.05, 0) is 44.7 Å². The van der Waals surface area contributed by atoms with E-state index in [1.165, 1.54) is 11.3 Å². The minimum atomic E-state index is 0.281. The standard InChI is InChI=1S/C19H24N4O/c1-13-10-18(22-19(21-13)20-12-16-7-5-9-24-16)23-14(2)11-15-6-3-4-8-17(15)23/h3-4,6,8,10,14,16H,5,7,9,11-12H2,1-2H3,(H,20,21,22). The fourth-order valence-electron chi connectivity index (χ4n) is 3.68. The smallest absolute Gasteiger partial charge is 0.224 e. The van der Waals surface area contributed by atoms with Crippen LogP contribution in [0.1, 0.15) is 31.0 Å². The van der Waals surface area contributed by atoms with Crippen LogP contribution in [0.2, 0.25) is 0 Å². The fourth-order valence-corrected chi connectivity index (χ4v) is 3.68. The van der Waals surface area contributed by atoms with Crippen molar-refractivity contribution in [2.75, 3.05) is 23.4 Å². The highest BCUT2D eigenvalue weighted by molar-refractivity contribution is 5.69. The van der Waals surface area contributed by atoms with Crippen LogP contribution < -0.4 is 10.2 Å². The molecule has 2 aromatic rings. The van der Waals surface area contributed by atoms with Gasteiger partial charge in [0.1, 0.15) is 5.82 Å². The minimum absolute atomic E-state index is 0.281. The second-order valence-corrected chi connectivity index (χ2v) is 6.76. The van der Waals surface area contributed by atoms with E-state index in [4.69, 9.17) is 9.72 Å². The van der Waals surface area contributed by atoms with E-state index in [-0.39, 0.29) is 6.10 Å². The largest absolute Gasteiger partial charge is 0.376 e. The van der Waals surface area contributed by atoms with Gasteiger partial charge in [-0.2, -0.15) is 4.98 Å². The van der Waals surface area contributed by atoms with Gasteiger partial charge in [-0.3, -0.25) is 0 Å². The molecule has 24 heavy (non-hydrogen) atoms. The quantitative estimate of drug-likeness (QED) is 0.933. The lowest BCUT2D eigenvalue weighted by molar-refractivity contribution is 0.120. The maximum atomic E-state index is 5.67. The molecule has 1 saturated heterocycles. The zero-order valence-corrected chi connectivity index (χ0v) is 14.3. The van der Waals surface area contributed by atoms with Crippen LogP contribution in [0.4, 0.5) is 17.5 Å². The van der Waals surface area contributed by atoms with Crippen LogP contribution in [0.15, 0.2) is 30.3 Å². The van der Waals surface area contributed by atoms with E-state index >= 15 is 0 Å². The highest BCUT2D eigenvalue weighted by Gasteiger charge is 2.28. The average Bonchev–Trinajstić information content (AvgIpc) is 3.18. The minimum Gasteiger partial charge on any atom is -0.376 e. The summed E-state index contributed by atoms with van der Waals surface area (Å²) in [6, 6.07) is 11.0. The summed E-state index contributed by atoms with van der Waals surface area (Å²) in [5.74, 6) is 1.66. The molecular weight excluding hydrogens is 300 g/mol. The van der Waals surface area contributed by atoms with Gasteiger partial charge in [-0.25, -0.2) is 4.98 Å². The number of ether oxygens (including phenoxy) is 1. The molecule has 2 aliphatic heterocycles. The second-order valence-electron chi connectivity index (χ2n) is 6.76. The number of anilines is 3. The molecule has 0 saturated carbocycles. The molecule has 3 heterocycles. The van der Waals surface area contributed by atoms with Gasteiger partial charge in [-0.15, -0.1) is 0 Å². The first-order valence-corrected chi connectivity index (χ1v) is 8.79. The van der Waals surface area contributed by atoms with Gasteiger partial charge in [0.05, 0.1) is 6.10 Å². The number of para-hydroxylation sites is 1. The Morgan fingerprint density at radius 1 is 1.29 bits per heavy atom. The highest BCUT2D eigenvalue weighted by Crippen LogP contribution is 2.37. The van der Waals surface area contributed by atoms with Crippen molar-refractivity contribution in [3.05, 3.63) is 41.6 Å². The van der Waals surface area contributed by atoms with Crippen molar-refractivity contribution in [2.45, 2.75) is 45.3 Å². The lowest BCUT2D eigenvalue weighted by atomic mass is 10.1. The summed E-state index contributed by atoms with van der Waals surface area (Å²) in [4.78, 5) is 11.6. The summed E-state index contributed by atoms with van der Waals surface area (Å²) in [6.45, 7) is 5.91. The van der Waals surface area contributed by atoms with E-state index < -0.39 is 0 Å². The Bertz CT molecular complexity index is 727. The Balaban J connectivity index is 1.59. The summed E-state index contributed by atoms with van der Waals surface area (Å²) in [6.07, 6.45) is 3.60. The summed E-state index contributed by atoms with van der Waals surface area (Å²) in [7, 11) is 0. The molecule has 5 nitrogen and oxygen atoms in total. The van der Waals surface area contributed by atoms with Crippen LogP contribution in [0.3, 0.4) is 0 Å². The molecule has 2 unspecified atom stereocenters. The van der Waals surface area contributed by atoms with Crippen LogP contribution in [-0.2, 0) is 11.2 Å². The van der Waals surface area contributed by atoms with Gasteiger partial charge in [0.2, 0.25) is 5.95 Å². The Labute approximate surface area is 143 Å². The topological polar surface area (TPSA) is 50.3 Å². The van der Waals surface area contributed by atoms with Gasteiger partial charge < -0.3 is 15.0 Å². The van der Waals surface area contributed by atoms with Crippen LogP contribution >= 0.6 is 0 Å². The number of fused-ring (bicyclic) bond motifs is 1. The SMILES string of the molecule is Cc1cc(N2c3ccccc3CC2C)nc(NCC2CCCO2)n1. The van der Waals surface area contributed by atoms with Crippen molar-refractivity contribution in [1.82, 2.24) is 9.97 Å². The van der Waals surface area contributed by atoms with Crippen LogP contribution in [0, 0.1) is 6.92 Å². The molecule has 0 amide bonds. The van der Waals surface area contributed by atoms with Gasteiger partial charge >= 0.3 is 0 Å². The molecule has 1 N–H and O–H groups in total. The number of benzene rings is 1. The van der Waals surface area contributed by atoms with E-state index in [1.54, 1.807) is 0 Å². The van der Waals surface area contributed by atoms with Crippen molar-refractivity contribution >= 4 is 17.5 Å². The van der Waals surface area contributed by atoms with E-state index in [0.29, 0.717) is 12.0 Å². The second kappa shape index (κ2) is 6.40. The van der Waals surface area contributed by atoms with Gasteiger partial charge in [-0.1, -0.05) is 18.2 Å². The molecule has 5 heteroatoms. The molecule has 0 spiro atoms. The number of hydrogen-bond donors (Lipinski definition) is 1. The normalized spacial score (nSPS) is 22.7. The number of aryl methyl sites for hydroxylation is 1. The molecule has 1 fully saturated rings. The van der Waals surface area contributed by atoms with Gasteiger partial charge in [0.15, 0.2) is 0 Å². The summed E-state index contributed by atoms with van der Waals surface area (Å²) >= 11 is 0. The van der Waals surface area contributed by atoms with Crippen LogP contribution in [-0.4, -0.2) is 35.3 Å². The molecule has 126 valence electrons. The zero-order chi connectivity index (χ0) is 16.5. The molecule has 0 bridgehead atoms. The maximum absolute atomic E-state index is 5.67. The first kappa shape index (κ1) is 15.4. The Hall–Kier alpha value is -2.14. The molecule has 1 aromatic carbocycles. The van der Waals surface area contributed by atoms with E-state index in [9.17, 15) is 0 Å². The third-order valence-electron chi connectivity index (χ3n) is 4.81. The molecule has 0 radical (unpaired) electrons. The summed E-state index contributed by atoms with van der Waals surface area (Å²) in [5.41, 5.74) is 3.62. The van der Waals surface area contributed by atoms with Gasteiger partial charge in [0, 0.05) is 36.6 Å². The van der Waals surface area contributed by atoms with E-state index in [0.717, 1.165) is 43.9 Å². The van der Waals surface area contributed by atoms with Crippen molar-refractivity contribution in [3.8, 4) is 0 Å². The monoisotopic (exact) mass is 324 g/mol. The molecule has 1 aromatic heterocycles. The molecule has 4 rings (SSSR count). The Morgan fingerprint density at radius 2 is 2.17 bits per heavy atom. The van der Waals surface area contributed by atoms with Gasteiger partial charge in [0.25, 0.3) is 0 Å². The summed E-state index contributed by atoms with van der Waals surface area (Å²) in [5, 5.41) is 3.36. The lowest BCUT2D eigenvalue weighted by Gasteiger charge is -2.24. The first-order valence-electron chi connectivity index (χ1n) is 8.79. The lowest BCUT2D eigenvalue weighted by Crippen LogP contribution is -2.26. The summed E-state index contributed by atoms with van der Waals surface area (Å²) < 4.78 is 5.67. The number of nitrogens with zero attached hydrogens (tertiary/aromatic N) is 3. The molecule has 2 atom stereocenters. The Morgan fingerprint density at radius 3 is 3.00 bits per heavy atom. The zero-order valence-electron chi connectivity index (χ0n) is 14.3. The third kappa shape index (κ3) is 2.96. The number of aromatic nitrogens is 2. The van der Waals surface area contributed by atoms with E-state index in [2.05, 4.69) is 52.5 Å².